The second-order valence-corrected chi connectivity index (χ2v) is 6.27. The van der Waals surface area contributed by atoms with Crippen molar-refractivity contribution in [3.8, 4) is 11.4 Å². The van der Waals surface area contributed by atoms with Crippen LogP contribution in [0.1, 0.15) is 29.0 Å². The number of nitro groups is 1. The van der Waals surface area contributed by atoms with Crippen molar-refractivity contribution >= 4 is 11.6 Å². The number of aromatic nitrogens is 2. The average Bonchev–Trinajstić information content (AvgIpc) is 3.17. The number of carbonyl (C=O) groups excluding carboxylic acids is 1. The molecule has 0 unspecified atom stereocenters. The van der Waals surface area contributed by atoms with E-state index in [-0.39, 0.29) is 23.3 Å². The van der Waals surface area contributed by atoms with E-state index < -0.39 is 4.92 Å². The Labute approximate surface area is 162 Å². The zero-order valence-electron chi connectivity index (χ0n) is 15.8. The largest absolute Gasteiger partial charge is 0.493 e. The molecule has 0 fully saturated rings. The topological polar surface area (TPSA) is 90.5 Å². The molecule has 2 aromatic carbocycles. The first kappa shape index (κ1) is 19.1. The summed E-state index contributed by atoms with van der Waals surface area (Å²) in [6, 6.07) is 15.2. The van der Waals surface area contributed by atoms with Gasteiger partial charge in [0.25, 0.3) is 11.6 Å². The fourth-order valence-corrected chi connectivity index (χ4v) is 2.83. The zero-order valence-corrected chi connectivity index (χ0v) is 15.8. The molecule has 3 rings (SSSR count). The van der Waals surface area contributed by atoms with E-state index in [1.54, 1.807) is 37.0 Å². The predicted molar refractivity (Wildman–Crippen MR) is 104 cm³/mol. The van der Waals surface area contributed by atoms with Crippen LogP contribution in [0.15, 0.2) is 60.8 Å². The Hall–Kier alpha value is -3.68. The van der Waals surface area contributed by atoms with Crippen LogP contribution < -0.4 is 4.74 Å². The summed E-state index contributed by atoms with van der Waals surface area (Å²) in [5.74, 6) is 0.0116. The van der Waals surface area contributed by atoms with Crippen molar-refractivity contribution < 1.29 is 14.5 Å². The summed E-state index contributed by atoms with van der Waals surface area (Å²) in [6.45, 7) is 1.80. The summed E-state index contributed by atoms with van der Waals surface area (Å²) in [4.78, 5) is 25.1. The number of methoxy groups -OCH3 is 1. The maximum atomic E-state index is 13.0. The van der Waals surface area contributed by atoms with Gasteiger partial charge in [0.2, 0.25) is 0 Å². The molecule has 1 amide bonds. The Kier molecular flexibility index (Phi) is 5.39. The van der Waals surface area contributed by atoms with Crippen molar-refractivity contribution in [3.63, 3.8) is 0 Å². The number of nitrogens with zero attached hydrogens (tertiary/aromatic N) is 4. The lowest BCUT2D eigenvalue weighted by Gasteiger charge is -2.24. The van der Waals surface area contributed by atoms with Gasteiger partial charge in [0.05, 0.1) is 30.0 Å². The number of hydrogen-bond donors (Lipinski definition) is 0. The molecule has 28 heavy (non-hydrogen) atoms. The molecular weight excluding hydrogens is 360 g/mol. The molecule has 1 heterocycles. The van der Waals surface area contributed by atoms with Crippen LogP contribution >= 0.6 is 0 Å². The van der Waals surface area contributed by atoms with E-state index in [0.717, 1.165) is 5.69 Å². The Bertz CT molecular complexity index is 1000. The third kappa shape index (κ3) is 3.71. The van der Waals surface area contributed by atoms with E-state index >= 15 is 0 Å². The highest BCUT2D eigenvalue weighted by Gasteiger charge is 2.26. The summed E-state index contributed by atoms with van der Waals surface area (Å²) >= 11 is 0. The van der Waals surface area contributed by atoms with Gasteiger partial charge < -0.3 is 9.64 Å². The van der Waals surface area contributed by atoms with Gasteiger partial charge in [0.15, 0.2) is 11.4 Å². The first-order valence-corrected chi connectivity index (χ1v) is 8.63. The van der Waals surface area contributed by atoms with Crippen LogP contribution in [0, 0.1) is 10.1 Å². The predicted octanol–water partition coefficient (Wildman–Crippen LogP) is 3.62. The quantitative estimate of drug-likeness (QED) is 0.481. The van der Waals surface area contributed by atoms with E-state index in [1.165, 1.54) is 24.1 Å². The third-order valence-electron chi connectivity index (χ3n) is 4.59. The number of nitro benzene ring substituents is 1. The van der Waals surface area contributed by atoms with Crippen LogP contribution in [0.5, 0.6) is 5.75 Å². The van der Waals surface area contributed by atoms with Crippen LogP contribution in [-0.4, -0.2) is 39.7 Å². The molecule has 0 saturated carbocycles. The lowest BCUT2D eigenvalue weighted by molar-refractivity contribution is -0.384. The Morgan fingerprint density at radius 1 is 1.21 bits per heavy atom. The van der Waals surface area contributed by atoms with Gasteiger partial charge >= 0.3 is 0 Å². The maximum Gasteiger partial charge on any atom is 0.278 e. The Balaban J connectivity index is 1.90. The number of amides is 1. The lowest BCUT2D eigenvalue weighted by atomic mass is 10.1. The Morgan fingerprint density at radius 2 is 1.93 bits per heavy atom. The standard InChI is InChI=1S/C20H20N4O4/c1-14(15-8-7-11-17(12-15)24(26)27)22(2)20(25)19-18(28-3)13-23(21-19)16-9-5-4-6-10-16/h4-14H,1-3H3/t14-/m0/s1. The van der Waals surface area contributed by atoms with Gasteiger partial charge in [0.1, 0.15) is 0 Å². The fraction of sp³-hybridized carbons (Fsp3) is 0.200. The van der Waals surface area contributed by atoms with Gasteiger partial charge in [-0.15, -0.1) is 0 Å². The number of benzene rings is 2. The lowest BCUT2D eigenvalue weighted by Crippen LogP contribution is -2.30. The van der Waals surface area contributed by atoms with E-state index in [2.05, 4.69) is 5.10 Å². The Morgan fingerprint density at radius 3 is 2.57 bits per heavy atom. The van der Waals surface area contributed by atoms with Crippen LogP contribution in [0.4, 0.5) is 5.69 Å². The molecule has 0 radical (unpaired) electrons. The number of para-hydroxylation sites is 1. The summed E-state index contributed by atoms with van der Waals surface area (Å²) in [6.07, 6.45) is 1.65. The van der Waals surface area contributed by atoms with Gasteiger partial charge in [-0.05, 0) is 24.6 Å². The van der Waals surface area contributed by atoms with Crippen LogP contribution in [0.3, 0.4) is 0 Å². The maximum absolute atomic E-state index is 13.0. The SMILES string of the molecule is COc1cn(-c2ccccc2)nc1C(=O)N(C)[C@@H](C)c1cccc([N+](=O)[O-])c1. The molecule has 0 N–H and O–H groups in total. The second-order valence-electron chi connectivity index (χ2n) is 6.27. The van der Waals surface area contributed by atoms with Crippen molar-refractivity contribution in [2.75, 3.05) is 14.2 Å². The normalized spacial score (nSPS) is 11.7. The van der Waals surface area contributed by atoms with Gasteiger partial charge in [-0.25, -0.2) is 4.68 Å². The van der Waals surface area contributed by atoms with Crippen molar-refractivity contribution in [1.29, 1.82) is 0 Å². The molecule has 8 heteroatoms. The molecular formula is C20H20N4O4. The van der Waals surface area contributed by atoms with Gasteiger partial charge in [-0.2, -0.15) is 5.10 Å². The number of rotatable bonds is 6. The fourth-order valence-electron chi connectivity index (χ4n) is 2.83. The zero-order chi connectivity index (χ0) is 20.3. The van der Waals surface area contributed by atoms with Crippen molar-refractivity contribution in [3.05, 3.63) is 82.2 Å². The van der Waals surface area contributed by atoms with E-state index in [1.807, 2.05) is 30.3 Å². The number of carbonyl (C=O) groups is 1. The molecule has 1 atom stereocenters. The number of non-ortho nitro benzene ring substituents is 1. The highest BCUT2D eigenvalue weighted by molar-refractivity contribution is 5.95. The molecule has 0 aliphatic heterocycles. The molecule has 0 saturated heterocycles. The van der Waals surface area contributed by atoms with Crippen molar-refractivity contribution in [2.24, 2.45) is 0 Å². The molecule has 8 nitrogen and oxygen atoms in total. The van der Waals surface area contributed by atoms with E-state index in [0.29, 0.717) is 11.3 Å². The molecule has 0 spiro atoms. The number of hydrogen-bond acceptors (Lipinski definition) is 5. The van der Waals surface area contributed by atoms with Gasteiger partial charge in [-0.3, -0.25) is 14.9 Å². The monoisotopic (exact) mass is 380 g/mol. The molecule has 144 valence electrons. The van der Waals surface area contributed by atoms with Crippen LogP contribution in [0.25, 0.3) is 5.69 Å². The molecule has 0 bridgehead atoms. The van der Waals surface area contributed by atoms with E-state index in [4.69, 9.17) is 4.74 Å². The highest BCUT2D eigenvalue weighted by atomic mass is 16.6. The molecule has 0 aliphatic carbocycles. The van der Waals surface area contributed by atoms with Crippen LogP contribution in [0.2, 0.25) is 0 Å². The second kappa shape index (κ2) is 7.91. The minimum absolute atomic E-state index is 0.0175. The molecule has 3 aromatic rings. The molecule has 1 aromatic heterocycles. The first-order valence-electron chi connectivity index (χ1n) is 8.63. The highest BCUT2D eigenvalue weighted by Crippen LogP contribution is 2.27. The average molecular weight is 380 g/mol. The van der Waals surface area contributed by atoms with Crippen LogP contribution in [-0.2, 0) is 0 Å². The van der Waals surface area contributed by atoms with Crippen molar-refractivity contribution in [1.82, 2.24) is 14.7 Å². The third-order valence-corrected chi connectivity index (χ3v) is 4.59. The smallest absolute Gasteiger partial charge is 0.278 e. The molecule has 0 aliphatic rings. The summed E-state index contributed by atoms with van der Waals surface area (Å²) in [5, 5.41) is 15.4. The minimum atomic E-state index is -0.456. The summed E-state index contributed by atoms with van der Waals surface area (Å²) in [5.41, 5.74) is 1.61. The van der Waals surface area contributed by atoms with Gasteiger partial charge in [0, 0.05) is 19.2 Å². The first-order chi connectivity index (χ1) is 13.4. The van der Waals surface area contributed by atoms with Crippen molar-refractivity contribution in [2.45, 2.75) is 13.0 Å². The number of ether oxygens (including phenoxy) is 1. The van der Waals surface area contributed by atoms with E-state index in [9.17, 15) is 14.9 Å². The minimum Gasteiger partial charge on any atom is -0.493 e. The van der Waals surface area contributed by atoms with Gasteiger partial charge in [-0.1, -0.05) is 30.3 Å². The summed E-state index contributed by atoms with van der Waals surface area (Å²) in [7, 11) is 3.11. The summed E-state index contributed by atoms with van der Waals surface area (Å²) < 4.78 is 6.92.